The van der Waals surface area contributed by atoms with Crippen molar-refractivity contribution in [2.75, 3.05) is 18.4 Å². The highest BCUT2D eigenvalue weighted by Crippen LogP contribution is 2.27. The second-order valence-corrected chi connectivity index (χ2v) is 6.59. The minimum atomic E-state index is -0.120. The van der Waals surface area contributed by atoms with E-state index in [2.05, 4.69) is 20.6 Å². The zero-order chi connectivity index (χ0) is 16.4. The van der Waals surface area contributed by atoms with Crippen LogP contribution in [0, 0.1) is 0 Å². The molecule has 126 valence electrons. The van der Waals surface area contributed by atoms with Crippen LogP contribution in [0.25, 0.3) is 5.69 Å². The summed E-state index contributed by atoms with van der Waals surface area (Å²) in [7, 11) is 0. The highest BCUT2D eigenvalue weighted by atomic mass is 16.2. The first-order valence-corrected chi connectivity index (χ1v) is 8.71. The number of hydrogen-bond acceptors (Lipinski definition) is 3. The van der Waals surface area contributed by atoms with Crippen LogP contribution in [-0.2, 0) is 0 Å². The molecule has 0 aliphatic carbocycles. The van der Waals surface area contributed by atoms with E-state index in [1.54, 1.807) is 10.9 Å². The molecule has 2 atom stereocenters. The highest BCUT2D eigenvalue weighted by molar-refractivity contribution is 5.89. The SMILES string of the molecule is O=C(Nc1cccc(-n2cccn2)c1)NC1CCN2CCCCC12. The van der Waals surface area contributed by atoms with Crippen molar-refractivity contribution >= 4 is 11.7 Å². The number of amides is 2. The van der Waals surface area contributed by atoms with Crippen LogP contribution in [0.15, 0.2) is 42.7 Å². The standard InChI is InChI=1S/C18H23N5O/c24-18(21-16-8-12-22-10-2-1-7-17(16)22)20-14-5-3-6-15(13-14)23-11-4-9-19-23/h3-6,9,11,13,16-17H,1-2,7-8,10,12H2,(H2,20,21,24). The maximum Gasteiger partial charge on any atom is 0.319 e. The monoisotopic (exact) mass is 325 g/mol. The predicted octanol–water partition coefficient (Wildman–Crippen LogP) is 2.62. The molecular formula is C18H23N5O. The van der Waals surface area contributed by atoms with Crippen molar-refractivity contribution in [3.63, 3.8) is 0 Å². The molecule has 2 saturated heterocycles. The second-order valence-electron chi connectivity index (χ2n) is 6.59. The van der Waals surface area contributed by atoms with Gasteiger partial charge in [0.05, 0.1) is 5.69 Å². The summed E-state index contributed by atoms with van der Waals surface area (Å²) in [5.41, 5.74) is 1.70. The average molecular weight is 325 g/mol. The Balaban J connectivity index is 1.39. The number of nitrogens with one attached hydrogen (secondary N) is 2. The van der Waals surface area contributed by atoms with Crippen molar-refractivity contribution in [1.29, 1.82) is 0 Å². The number of carbonyl (C=O) groups excluding carboxylic acids is 1. The van der Waals surface area contributed by atoms with Gasteiger partial charge in [-0.05, 0) is 50.1 Å². The number of carbonyl (C=O) groups is 1. The number of nitrogens with zero attached hydrogens (tertiary/aromatic N) is 3. The fourth-order valence-corrected chi connectivity index (χ4v) is 3.90. The fraction of sp³-hybridized carbons (Fsp3) is 0.444. The van der Waals surface area contributed by atoms with Gasteiger partial charge in [-0.25, -0.2) is 9.48 Å². The molecule has 24 heavy (non-hydrogen) atoms. The molecule has 6 heteroatoms. The van der Waals surface area contributed by atoms with Gasteiger partial charge in [-0.1, -0.05) is 12.5 Å². The van der Waals surface area contributed by atoms with Gasteiger partial charge in [0.2, 0.25) is 0 Å². The van der Waals surface area contributed by atoms with Gasteiger partial charge in [-0.2, -0.15) is 5.10 Å². The molecule has 4 rings (SSSR count). The average Bonchev–Trinajstić information content (AvgIpc) is 3.26. The van der Waals surface area contributed by atoms with Gasteiger partial charge < -0.3 is 10.6 Å². The summed E-state index contributed by atoms with van der Waals surface area (Å²) >= 11 is 0. The van der Waals surface area contributed by atoms with Crippen molar-refractivity contribution in [3.8, 4) is 5.69 Å². The zero-order valence-electron chi connectivity index (χ0n) is 13.7. The van der Waals surface area contributed by atoms with Gasteiger partial charge in [-0.3, -0.25) is 4.90 Å². The van der Waals surface area contributed by atoms with Crippen molar-refractivity contribution in [2.24, 2.45) is 0 Å². The molecule has 0 saturated carbocycles. The molecule has 0 spiro atoms. The number of piperidine rings is 1. The largest absolute Gasteiger partial charge is 0.334 e. The molecule has 2 aromatic rings. The molecule has 2 N–H and O–H groups in total. The molecule has 3 heterocycles. The fourth-order valence-electron chi connectivity index (χ4n) is 3.90. The Kier molecular flexibility index (Phi) is 4.21. The van der Waals surface area contributed by atoms with Crippen LogP contribution in [0.1, 0.15) is 25.7 Å². The van der Waals surface area contributed by atoms with Gasteiger partial charge in [0.1, 0.15) is 0 Å². The van der Waals surface area contributed by atoms with E-state index in [0.29, 0.717) is 6.04 Å². The van der Waals surface area contributed by atoms with E-state index >= 15 is 0 Å². The first kappa shape index (κ1) is 15.2. The first-order valence-electron chi connectivity index (χ1n) is 8.71. The van der Waals surface area contributed by atoms with Gasteiger partial charge in [-0.15, -0.1) is 0 Å². The van der Waals surface area contributed by atoms with Crippen LogP contribution >= 0.6 is 0 Å². The summed E-state index contributed by atoms with van der Waals surface area (Å²) in [5.74, 6) is 0. The van der Waals surface area contributed by atoms with Gasteiger partial charge in [0.25, 0.3) is 0 Å². The van der Waals surface area contributed by atoms with E-state index in [4.69, 9.17) is 0 Å². The van der Waals surface area contributed by atoms with Gasteiger partial charge >= 0.3 is 6.03 Å². The minimum Gasteiger partial charge on any atom is -0.334 e. The van der Waals surface area contributed by atoms with E-state index in [0.717, 1.165) is 24.3 Å². The number of fused-ring (bicyclic) bond motifs is 1. The Labute approximate surface area is 141 Å². The minimum absolute atomic E-state index is 0.120. The Hall–Kier alpha value is -2.34. The lowest BCUT2D eigenvalue weighted by Gasteiger charge is -2.32. The molecule has 1 aromatic carbocycles. The van der Waals surface area contributed by atoms with E-state index in [1.807, 2.05) is 36.5 Å². The summed E-state index contributed by atoms with van der Waals surface area (Å²) in [6, 6.07) is 10.2. The lowest BCUT2D eigenvalue weighted by Crippen LogP contribution is -2.47. The zero-order valence-corrected chi connectivity index (χ0v) is 13.7. The van der Waals surface area contributed by atoms with Gasteiger partial charge in [0, 0.05) is 36.7 Å². The lowest BCUT2D eigenvalue weighted by atomic mass is 9.99. The van der Waals surface area contributed by atoms with Crippen LogP contribution in [-0.4, -0.2) is 45.9 Å². The summed E-state index contributed by atoms with van der Waals surface area (Å²) in [4.78, 5) is 14.9. The molecule has 1 aromatic heterocycles. The maximum absolute atomic E-state index is 12.4. The normalized spacial score (nSPS) is 23.7. The maximum atomic E-state index is 12.4. The van der Waals surface area contributed by atoms with Crippen LogP contribution in [0.3, 0.4) is 0 Å². The number of hydrogen-bond donors (Lipinski definition) is 2. The molecule has 2 fully saturated rings. The van der Waals surface area contributed by atoms with Crippen LogP contribution in [0.5, 0.6) is 0 Å². The molecule has 6 nitrogen and oxygen atoms in total. The third kappa shape index (κ3) is 3.14. The molecular weight excluding hydrogens is 302 g/mol. The number of rotatable bonds is 3. The third-order valence-electron chi connectivity index (χ3n) is 5.05. The van der Waals surface area contributed by atoms with Crippen LogP contribution in [0.4, 0.5) is 10.5 Å². The number of anilines is 1. The summed E-state index contributed by atoms with van der Waals surface area (Å²) in [6.45, 7) is 2.28. The quantitative estimate of drug-likeness (QED) is 0.912. The van der Waals surface area contributed by atoms with Crippen molar-refractivity contribution in [3.05, 3.63) is 42.7 Å². The second kappa shape index (κ2) is 6.65. The molecule has 2 aliphatic heterocycles. The Morgan fingerprint density at radius 2 is 2.12 bits per heavy atom. The van der Waals surface area contributed by atoms with E-state index in [-0.39, 0.29) is 12.1 Å². The van der Waals surface area contributed by atoms with Crippen LogP contribution < -0.4 is 10.6 Å². The lowest BCUT2D eigenvalue weighted by molar-refractivity contribution is 0.180. The molecule has 2 aliphatic rings. The smallest absolute Gasteiger partial charge is 0.319 e. The van der Waals surface area contributed by atoms with E-state index < -0.39 is 0 Å². The van der Waals surface area contributed by atoms with Crippen molar-refractivity contribution in [1.82, 2.24) is 20.0 Å². The summed E-state index contributed by atoms with van der Waals surface area (Å²) in [6.07, 6.45) is 8.42. The third-order valence-corrected chi connectivity index (χ3v) is 5.05. The Bertz CT molecular complexity index is 699. The molecule has 0 bridgehead atoms. The Morgan fingerprint density at radius 1 is 1.17 bits per heavy atom. The predicted molar refractivity (Wildman–Crippen MR) is 93.3 cm³/mol. The summed E-state index contributed by atoms with van der Waals surface area (Å²) in [5, 5.41) is 10.3. The van der Waals surface area contributed by atoms with Crippen molar-refractivity contribution in [2.45, 2.75) is 37.8 Å². The summed E-state index contributed by atoms with van der Waals surface area (Å²) < 4.78 is 1.78. The molecule has 0 radical (unpaired) electrons. The molecule has 2 amide bonds. The molecule has 2 unspecified atom stereocenters. The topological polar surface area (TPSA) is 62.2 Å². The number of urea groups is 1. The highest BCUT2D eigenvalue weighted by Gasteiger charge is 2.36. The number of aromatic nitrogens is 2. The van der Waals surface area contributed by atoms with Gasteiger partial charge in [0.15, 0.2) is 0 Å². The van der Waals surface area contributed by atoms with Crippen LogP contribution in [0.2, 0.25) is 0 Å². The first-order chi connectivity index (χ1) is 11.8. The van der Waals surface area contributed by atoms with E-state index in [1.165, 1.54) is 25.8 Å². The van der Waals surface area contributed by atoms with E-state index in [9.17, 15) is 4.79 Å². The number of benzene rings is 1. The Morgan fingerprint density at radius 3 is 3.00 bits per heavy atom. The van der Waals surface area contributed by atoms with Crippen molar-refractivity contribution < 1.29 is 4.79 Å².